The van der Waals surface area contributed by atoms with Crippen LogP contribution >= 0.6 is 11.8 Å². The molecule has 158 valence electrons. The first-order chi connectivity index (χ1) is 14.5. The molecule has 11 heteroatoms. The van der Waals surface area contributed by atoms with E-state index in [1.54, 1.807) is 28.7 Å². The quantitative estimate of drug-likeness (QED) is 0.218. The standard InChI is InChI=1S/C19H23N7O3S/c1-3-9-20-16-14-12-22-25(17(14)24-19(23-16)30-4-2)11-10-21-18(27)13-7-5-6-8-15(13)26(28)29/h5-8,12H,3-4,9-11H2,1-2H3,(H,21,27)(H,20,23,24). The van der Waals surface area contributed by atoms with E-state index in [0.29, 0.717) is 17.3 Å². The van der Waals surface area contributed by atoms with Crippen molar-refractivity contribution in [2.75, 3.05) is 24.2 Å². The zero-order valence-electron chi connectivity index (χ0n) is 16.8. The predicted molar refractivity (Wildman–Crippen MR) is 116 cm³/mol. The Labute approximate surface area is 177 Å². The summed E-state index contributed by atoms with van der Waals surface area (Å²) in [5.74, 6) is 1.09. The molecular weight excluding hydrogens is 406 g/mol. The lowest BCUT2D eigenvalue weighted by molar-refractivity contribution is -0.385. The van der Waals surface area contributed by atoms with Crippen molar-refractivity contribution in [3.8, 4) is 0 Å². The number of nitrogens with zero attached hydrogens (tertiary/aromatic N) is 5. The van der Waals surface area contributed by atoms with Gasteiger partial charge in [-0.1, -0.05) is 37.7 Å². The number of fused-ring (bicyclic) bond motifs is 1. The number of nitro benzene ring substituents is 1. The maximum Gasteiger partial charge on any atom is 0.282 e. The van der Waals surface area contributed by atoms with Gasteiger partial charge in [0, 0.05) is 19.2 Å². The number of hydrogen-bond acceptors (Lipinski definition) is 8. The highest BCUT2D eigenvalue weighted by atomic mass is 32.2. The third-order valence-electron chi connectivity index (χ3n) is 4.25. The van der Waals surface area contributed by atoms with E-state index >= 15 is 0 Å². The smallest absolute Gasteiger partial charge is 0.282 e. The lowest BCUT2D eigenvalue weighted by Crippen LogP contribution is -2.28. The number of carbonyl (C=O) groups excluding carboxylic acids is 1. The Balaban J connectivity index is 1.75. The maximum absolute atomic E-state index is 12.4. The van der Waals surface area contributed by atoms with Gasteiger partial charge in [0.25, 0.3) is 11.6 Å². The number of thioether (sulfide) groups is 1. The highest BCUT2D eigenvalue weighted by molar-refractivity contribution is 7.99. The van der Waals surface area contributed by atoms with Gasteiger partial charge in [-0.05, 0) is 18.2 Å². The molecule has 0 spiro atoms. The summed E-state index contributed by atoms with van der Waals surface area (Å²) in [4.78, 5) is 32.1. The molecule has 0 radical (unpaired) electrons. The number of benzene rings is 1. The summed E-state index contributed by atoms with van der Waals surface area (Å²) in [6.07, 6.45) is 2.67. The molecule has 0 bridgehead atoms. The molecule has 0 saturated heterocycles. The average Bonchev–Trinajstić information content (AvgIpc) is 3.15. The van der Waals surface area contributed by atoms with E-state index in [4.69, 9.17) is 0 Å². The molecule has 0 aliphatic carbocycles. The monoisotopic (exact) mass is 429 g/mol. The topological polar surface area (TPSA) is 128 Å². The molecule has 1 aromatic carbocycles. The normalized spacial score (nSPS) is 10.9. The zero-order chi connectivity index (χ0) is 21.5. The van der Waals surface area contributed by atoms with Crippen molar-refractivity contribution in [1.29, 1.82) is 0 Å². The van der Waals surface area contributed by atoms with E-state index in [1.807, 2.05) is 6.92 Å². The molecule has 10 nitrogen and oxygen atoms in total. The van der Waals surface area contributed by atoms with E-state index in [1.165, 1.54) is 18.2 Å². The molecule has 1 amide bonds. The maximum atomic E-state index is 12.4. The van der Waals surface area contributed by atoms with Crippen LogP contribution in [0, 0.1) is 10.1 Å². The van der Waals surface area contributed by atoms with Crippen molar-refractivity contribution in [1.82, 2.24) is 25.1 Å². The van der Waals surface area contributed by atoms with E-state index < -0.39 is 10.8 Å². The van der Waals surface area contributed by atoms with Crippen molar-refractivity contribution in [3.05, 3.63) is 46.1 Å². The first-order valence-corrected chi connectivity index (χ1v) is 10.7. The molecular formula is C19H23N7O3S. The number of nitro groups is 1. The van der Waals surface area contributed by atoms with Gasteiger partial charge in [0.2, 0.25) is 0 Å². The molecule has 3 rings (SSSR count). The predicted octanol–water partition coefficient (Wildman–Crippen LogP) is 3.10. The van der Waals surface area contributed by atoms with Gasteiger partial charge in [-0.2, -0.15) is 5.10 Å². The van der Waals surface area contributed by atoms with Gasteiger partial charge in [0.1, 0.15) is 11.4 Å². The third-order valence-corrected chi connectivity index (χ3v) is 4.98. The van der Waals surface area contributed by atoms with E-state index in [9.17, 15) is 14.9 Å². The van der Waals surface area contributed by atoms with E-state index in [2.05, 4.69) is 32.6 Å². The molecule has 0 unspecified atom stereocenters. The number of amides is 1. The molecule has 0 aliphatic rings. The SMILES string of the molecule is CCCNc1nc(SCC)nc2c1cnn2CCNC(=O)c1ccccc1[N+](=O)[O-]. The van der Waals surface area contributed by atoms with Gasteiger partial charge in [-0.25, -0.2) is 14.6 Å². The van der Waals surface area contributed by atoms with Crippen LogP contribution in [-0.4, -0.2) is 49.4 Å². The summed E-state index contributed by atoms with van der Waals surface area (Å²) in [7, 11) is 0. The Morgan fingerprint density at radius 1 is 1.23 bits per heavy atom. The molecule has 2 aromatic heterocycles. The van der Waals surface area contributed by atoms with Gasteiger partial charge in [0.05, 0.1) is 23.1 Å². The second-order valence-electron chi connectivity index (χ2n) is 6.35. The van der Waals surface area contributed by atoms with Crippen LogP contribution in [0.5, 0.6) is 0 Å². The Hall–Kier alpha value is -3.21. The second kappa shape index (κ2) is 10.0. The van der Waals surface area contributed by atoms with Crippen LogP contribution in [0.1, 0.15) is 30.6 Å². The highest BCUT2D eigenvalue weighted by Gasteiger charge is 2.19. The van der Waals surface area contributed by atoms with Crippen molar-refractivity contribution in [2.45, 2.75) is 32.0 Å². The minimum absolute atomic E-state index is 0.0304. The van der Waals surface area contributed by atoms with Gasteiger partial charge in [-0.3, -0.25) is 14.9 Å². The average molecular weight is 430 g/mol. The summed E-state index contributed by atoms with van der Waals surface area (Å²) in [5.41, 5.74) is 0.488. The molecule has 3 aromatic rings. The Morgan fingerprint density at radius 2 is 2.03 bits per heavy atom. The molecule has 30 heavy (non-hydrogen) atoms. The number of para-hydroxylation sites is 1. The lowest BCUT2D eigenvalue weighted by Gasteiger charge is -2.09. The van der Waals surface area contributed by atoms with Crippen LogP contribution in [0.15, 0.2) is 35.6 Å². The first-order valence-electron chi connectivity index (χ1n) is 9.67. The van der Waals surface area contributed by atoms with Crippen LogP contribution < -0.4 is 10.6 Å². The van der Waals surface area contributed by atoms with Crippen molar-refractivity contribution in [3.63, 3.8) is 0 Å². The Kier molecular flexibility index (Phi) is 7.17. The second-order valence-corrected chi connectivity index (χ2v) is 7.58. The largest absolute Gasteiger partial charge is 0.369 e. The highest BCUT2D eigenvalue weighted by Crippen LogP contribution is 2.24. The van der Waals surface area contributed by atoms with Gasteiger partial charge < -0.3 is 10.6 Å². The van der Waals surface area contributed by atoms with Crippen molar-refractivity contribution < 1.29 is 9.72 Å². The van der Waals surface area contributed by atoms with Crippen molar-refractivity contribution in [2.24, 2.45) is 0 Å². The molecule has 0 aliphatic heterocycles. The number of aromatic nitrogens is 4. The number of rotatable bonds is 10. The summed E-state index contributed by atoms with van der Waals surface area (Å²) >= 11 is 1.54. The molecule has 0 fully saturated rings. The summed E-state index contributed by atoms with van der Waals surface area (Å²) in [6.45, 7) is 5.53. The van der Waals surface area contributed by atoms with Gasteiger partial charge in [-0.15, -0.1) is 0 Å². The van der Waals surface area contributed by atoms with E-state index in [0.717, 1.165) is 29.9 Å². The Morgan fingerprint density at radius 3 is 2.77 bits per heavy atom. The van der Waals surface area contributed by atoms with Crippen LogP contribution in [0.2, 0.25) is 0 Å². The number of carbonyl (C=O) groups is 1. The van der Waals surface area contributed by atoms with Gasteiger partial charge in [0.15, 0.2) is 10.8 Å². The molecule has 0 atom stereocenters. The summed E-state index contributed by atoms with van der Waals surface area (Å²) in [5, 5.41) is 23.0. The van der Waals surface area contributed by atoms with Crippen LogP contribution in [0.4, 0.5) is 11.5 Å². The lowest BCUT2D eigenvalue weighted by atomic mass is 10.1. The first kappa shape index (κ1) is 21.5. The fourth-order valence-corrected chi connectivity index (χ4v) is 3.43. The molecule has 2 N–H and O–H groups in total. The van der Waals surface area contributed by atoms with Crippen LogP contribution in [-0.2, 0) is 6.54 Å². The Bertz CT molecular complexity index is 1050. The van der Waals surface area contributed by atoms with Crippen LogP contribution in [0.25, 0.3) is 11.0 Å². The fourth-order valence-electron chi connectivity index (χ4n) is 2.87. The van der Waals surface area contributed by atoms with E-state index in [-0.39, 0.29) is 17.8 Å². The number of anilines is 1. The fraction of sp³-hybridized carbons (Fsp3) is 0.368. The zero-order valence-corrected chi connectivity index (χ0v) is 17.6. The molecule has 2 heterocycles. The summed E-state index contributed by atoms with van der Waals surface area (Å²) in [6, 6.07) is 5.87. The number of nitrogens with one attached hydrogen (secondary N) is 2. The van der Waals surface area contributed by atoms with Crippen molar-refractivity contribution >= 4 is 40.2 Å². The minimum atomic E-state index is -0.565. The molecule has 0 saturated carbocycles. The third kappa shape index (κ3) is 4.85. The van der Waals surface area contributed by atoms with Crippen LogP contribution in [0.3, 0.4) is 0 Å². The van der Waals surface area contributed by atoms with Gasteiger partial charge >= 0.3 is 0 Å². The minimum Gasteiger partial charge on any atom is -0.369 e. The number of hydrogen-bond donors (Lipinski definition) is 2. The summed E-state index contributed by atoms with van der Waals surface area (Å²) < 4.78 is 1.70.